The third-order valence-corrected chi connectivity index (χ3v) is 5.19. The lowest BCUT2D eigenvalue weighted by atomic mass is 10.1. The summed E-state index contributed by atoms with van der Waals surface area (Å²) in [5, 5.41) is 1.51. The number of methoxy groups -OCH3 is 1. The van der Waals surface area contributed by atoms with Gasteiger partial charge in [-0.2, -0.15) is 0 Å². The number of benzene rings is 2. The third-order valence-electron chi connectivity index (χ3n) is 3.14. The summed E-state index contributed by atoms with van der Waals surface area (Å²) < 4.78 is 5.21. The molecule has 0 fully saturated rings. The molecule has 2 heteroatoms. The molecule has 0 unspecified atom stereocenters. The molecule has 2 aromatic rings. The van der Waals surface area contributed by atoms with Crippen molar-refractivity contribution in [3.63, 3.8) is 0 Å². The molecule has 0 radical (unpaired) electrons. The average Bonchev–Trinajstić information content (AvgIpc) is 2.38. The van der Waals surface area contributed by atoms with Crippen molar-refractivity contribution in [2.45, 2.75) is 19.6 Å². The fraction of sp³-hybridized carbons (Fsp3) is 0.250. The Kier molecular flexibility index (Phi) is 3.57. The molecule has 0 saturated heterocycles. The largest absolute Gasteiger partial charge is 0.497 e. The Bertz CT molecular complexity index is 524. The van der Waals surface area contributed by atoms with Crippen molar-refractivity contribution in [1.29, 1.82) is 0 Å². The van der Waals surface area contributed by atoms with Gasteiger partial charge >= 0.3 is 0 Å². The van der Waals surface area contributed by atoms with Crippen molar-refractivity contribution in [2.75, 3.05) is 7.11 Å². The summed E-state index contributed by atoms with van der Waals surface area (Å²) >= 11 is 0. The highest BCUT2D eigenvalue weighted by Gasteiger charge is 2.20. The molecule has 0 aliphatic heterocycles. The third kappa shape index (κ3) is 2.65. The molecular formula is C16H20OSi. The van der Waals surface area contributed by atoms with Crippen LogP contribution in [0, 0.1) is 0 Å². The van der Waals surface area contributed by atoms with Crippen LogP contribution < -0.4 is 9.92 Å². The second kappa shape index (κ2) is 4.98. The van der Waals surface area contributed by atoms with E-state index in [-0.39, 0.29) is 0 Å². The highest BCUT2D eigenvalue weighted by Crippen LogP contribution is 2.23. The molecule has 94 valence electrons. The first kappa shape index (κ1) is 12.9. The van der Waals surface area contributed by atoms with E-state index in [0.717, 1.165) is 5.75 Å². The van der Waals surface area contributed by atoms with Gasteiger partial charge in [0.05, 0.1) is 15.2 Å². The fourth-order valence-electron chi connectivity index (χ4n) is 2.16. The zero-order valence-corrected chi connectivity index (χ0v) is 12.5. The van der Waals surface area contributed by atoms with Gasteiger partial charge in [-0.3, -0.25) is 0 Å². The van der Waals surface area contributed by atoms with Gasteiger partial charge in [-0.15, -0.1) is 0 Å². The lowest BCUT2D eigenvalue weighted by molar-refractivity contribution is 0.415. The highest BCUT2D eigenvalue weighted by molar-refractivity contribution is 6.89. The van der Waals surface area contributed by atoms with E-state index >= 15 is 0 Å². The van der Waals surface area contributed by atoms with Gasteiger partial charge < -0.3 is 4.74 Å². The second-order valence-electron chi connectivity index (χ2n) is 5.52. The van der Waals surface area contributed by atoms with Gasteiger partial charge in [0, 0.05) is 0 Å². The van der Waals surface area contributed by atoms with Crippen molar-refractivity contribution >= 4 is 13.3 Å². The molecule has 2 rings (SSSR count). The number of hydrogen-bond donors (Lipinski definition) is 0. The predicted molar refractivity (Wildman–Crippen MR) is 81.4 cm³/mol. The van der Waals surface area contributed by atoms with Crippen LogP contribution >= 0.6 is 0 Å². The fourth-order valence-corrected chi connectivity index (χ4v) is 3.79. The summed E-state index contributed by atoms with van der Waals surface area (Å²) in [6, 6.07) is 17.1. The van der Waals surface area contributed by atoms with Crippen LogP contribution in [0.3, 0.4) is 0 Å². The van der Waals surface area contributed by atoms with Crippen LogP contribution in [0.5, 0.6) is 5.75 Å². The van der Waals surface area contributed by atoms with E-state index in [0.29, 0.717) is 0 Å². The van der Waals surface area contributed by atoms with Crippen LogP contribution in [0.2, 0.25) is 19.6 Å². The summed E-state index contributed by atoms with van der Waals surface area (Å²) in [5.74, 6) is 0.907. The Labute approximate surface area is 110 Å². The van der Waals surface area contributed by atoms with Gasteiger partial charge in [0.25, 0.3) is 0 Å². The summed E-state index contributed by atoms with van der Waals surface area (Å²) in [6.07, 6.45) is 0. The molecule has 0 atom stereocenters. The molecule has 1 nitrogen and oxygen atoms in total. The second-order valence-corrected chi connectivity index (χ2v) is 10.6. The van der Waals surface area contributed by atoms with Crippen molar-refractivity contribution < 1.29 is 4.74 Å². The Morgan fingerprint density at radius 3 is 2.00 bits per heavy atom. The van der Waals surface area contributed by atoms with E-state index in [2.05, 4.69) is 56.0 Å². The average molecular weight is 256 g/mol. The molecule has 0 N–H and O–H groups in total. The normalized spacial score (nSPS) is 11.3. The lowest BCUT2D eigenvalue weighted by Crippen LogP contribution is -2.38. The molecule has 18 heavy (non-hydrogen) atoms. The molecular weight excluding hydrogens is 236 g/mol. The van der Waals surface area contributed by atoms with Gasteiger partial charge in [0.1, 0.15) is 5.75 Å². The van der Waals surface area contributed by atoms with E-state index < -0.39 is 8.07 Å². The molecule has 0 aliphatic rings. The quantitative estimate of drug-likeness (QED) is 0.757. The highest BCUT2D eigenvalue weighted by atomic mass is 28.3. The molecule has 0 heterocycles. The standard InChI is InChI=1S/C16H20OSi/c1-17-14-11-9-13(10-12-14)15-7-5-6-8-16(15)18(2,3)4/h5-12H,1-4H3. The van der Waals surface area contributed by atoms with Crippen LogP contribution in [-0.4, -0.2) is 15.2 Å². The Morgan fingerprint density at radius 2 is 1.44 bits per heavy atom. The molecule has 0 bridgehead atoms. The zero-order chi connectivity index (χ0) is 13.2. The zero-order valence-electron chi connectivity index (χ0n) is 11.5. The summed E-state index contributed by atoms with van der Waals surface area (Å²) in [6.45, 7) is 7.15. The molecule has 0 amide bonds. The Hall–Kier alpha value is -1.54. The maximum atomic E-state index is 5.21. The van der Waals surface area contributed by atoms with Crippen LogP contribution in [-0.2, 0) is 0 Å². The minimum Gasteiger partial charge on any atom is -0.497 e. The summed E-state index contributed by atoms with van der Waals surface area (Å²) in [4.78, 5) is 0. The van der Waals surface area contributed by atoms with E-state index in [9.17, 15) is 0 Å². The predicted octanol–water partition coefficient (Wildman–Crippen LogP) is 3.91. The van der Waals surface area contributed by atoms with Gasteiger partial charge in [-0.05, 0) is 23.3 Å². The summed E-state index contributed by atoms with van der Waals surface area (Å²) in [7, 11) is 0.386. The minimum atomic E-state index is -1.31. The lowest BCUT2D eigenvalue weighted by Gasteiger charge is -2.21. The van der Waals surface area contributed by atoms with Crippen molar-refractivity contribution in [2.24, 2.45) is 0 Å². The first-order chi connectivity index (χ1) is 8.52. The molecule has 0 spiro atoms. The summed E-state index contributed by atoms with van der Waals surface area (Å²) in [5.41, 5.74) is 2.63. The van der Waals surface area contributed by atoms with Crippen LogP contribution in [0.25, 0.3) is 11.1 Å². The minimum absolute atomic E-state index is 0.907. The SMILES string of the molecule is COc1ccc(-c2ccccc2[Si](C)(C)C)cc1. The smallest absolute Gasteiger partial charge is 0.118 e. The topological polar surface area (TPSA) is 9.23 Å². The van der Waals surface area contributed by atoms with E-state index in [4.69, 9.17) is 4.74 Å². The molecule has 0 aliphatic carbocycles. The van der Waals surface area contributed by atoms with E-state index in [1.54, 1.807) is 7.11 Å². The van der Waals surface area contributed by atoms with Gasteiger partial charge in [0.15, 0.2) is 0 Å². The maximum Gasteiger partial charge on any atom is 0.118 e. The van der Waals surface area contributed by atoms with Crippen LogP contribution in [0.1, 0.15) is 0 Å². The van der Waals surface area contributed by atoms with E-state index in [1.807, 2.05) is 12.1 Å². The van der Waals surface area contributed by atoms with Crippen molar-refractivity contribution in [1.82, 2.24) is 0 Å². The van der Waals surface area contributed by atoms with Gasteiger partial charge in [0.2, 0.25) is 0 Å². The van der Waals surface area contributed by atoms with Crippen LogP contribution in [0.15, 0.2) is 48.5 Å². The first-order valence-corrected chi connectivity index (χ1v) is 9.76. The number of rotatable bonds is 3. The van der Waals surface area contributed by atoms with Gasteiger partial charge in [-0.25, -0.2) is 0 Å². The maximum absolute atomic E-state index is 5.21. The van der Waals surface area contributed by atoms with Crippen molar-refractivity contribution in [3.8, 4) is 16.9 Å². The molecule has 0 aromatic heterocycles. The van der Waals surface area contributed by atoms with Crippen molar-refractivity contribution in [3.05, 3.63) is 48.5 Å². The molecule has 0 saturated carbocycles. The van der Waals surface area contributed by atoms with Gasteiger partial charge in [-0.1, -0.05) is 61.2 Å². The monoisotopic (exact) mass is 256 g/mol. The van der Waals surface area contributed by atoms with Crippen LogP contribution in [0.4, 0.5) is 0 Å². The first-order valence-electron chi connectivity index (χ1n) is 6.26. The van der Waals surface area contributed by atoms with E-state index in [1.165, 1.54) is 16.3 Å². The Balaban J connectivity index is 2.50. The molecule has 2 aromatic carbocycles. The Morgan fingerprint density at radius 1 is 0.833 bits per heavy atom. The number of hydrogen-bond acceptors (Lipinski definition) is 1. The number of ether oxygens (including phenoxy) is 1.